The number of carbonyl (C=O) groups is 3. The zero-order chi connectivity index (χ0) is 35.2. The van der Waals surface area contributed by atoms with Gasteiger partial charge in [-0.3, -0.25) is 19.3 Å². The topological polar surface area (TPSA) is 76.2 Å². The average Bonchev–Trinajstić information content (AvgIpc) is 3.05. The van der Waals surface area contributed by atoms with Gasteiger partial charge in [0.1, 0.15) is 12.7 Å². The maximum absolute atomic E-state index is 12.6. The molecule has 278 valence electrons. The van der Waals surface area contributed by atoms with Crippen LogP contribution in [0.1, 0.15) is 163 Å². The highest BCUT2D eigenvalue weighted by Crippen LogP contribution is 2.17. The minimum Gasteiger partial charge on any atom is -0.461 e. The van der Waals surface area contributed by atoms with Crippen LogP contribution in [0, 0.1) is 0 Å². The molecule has 0 amide bonds. The van der Waals surface area contributed by atoms with Crippen LogP contribution in [0.3, 0.4) is 0 Å². The highest BCUT2D eigenvalue weighted by molar-refractivity contribution is 8.11. The minimum absolute atomic E-state index is 0.00216. The molecule has 0 aliphatic heterocycles. The molecule has 47 heavy (non-hydrogen) atoms. The van der Waals surface area contributed by atoms with Crippen molar-refractivity contribution in [2.45, 2.75) is 169 Å². The lowest BCUT2D eigenvalue weighted by atomic mass is 10.0. The van der Waals surface area contributed by atoms with Crippen LogP contribution < -0.4 is 0 Å². The van der Waals surface area contributed by atoms with E-state index in [1.54, 1.807) is 11.9 Å². The molecule has 0 N–H and O–H groups in total. The second kappa shape index (κ2) is 39.1. The number of unbranched alkanes of at least 4 members (excludes halogenated alkanes) is 14. The molecule has 0 heterocycles. The summed E-state index contributed by atoms with van der Waals surface area (Å²) in [5.41, 5.74) is 0.919. The van der Waals surface area contributed by atoms with E-state index in [2.05, 4.69) is 45.6 Å². The zero-order valence-corrected chi connectivity index (χ0v) is 32.6. The van der Waals surface area contributed by atoms with Crippen molar-refractivity contribution in [2.75, 3.05) is 52.1 Å². The molecular weight excluding hydrogens is 609 g/mol. The first-order valence-electron chi connectivity index (χ1n) is 19.3. The zero-order valence-electron chi connectivity index (χ0n) is 31.7. The lowest BCUT2D eigenvalue weighted by molar-refractivity contribution is -0.152. The number of rotatable bonds is 33. The summed E-state index contributed by atoms with van der Waals surface area (Å²) in [5.74, 6) is 0.413. The van der Waals surface area contributed by atoms with Gasteiger partial charge in [0.05, 0.1) is 13.1 Å². The van der Waals surface area contributed by atoms with E-state index in [-0.39, 0.29) is 31.1 Å². The highest BCUT2D eigenvalue weighted by Gasteiger charge is 2.17. The monoisotopic (exact) mass is 685 g/mol. The van der Waals surface area contributed by atoms with Gasteiger partial charge in [-0.15, -0.1) is 0 Å². The third kappa shape index (κ3) is 37.3. The van der Waals surface area contributed by atoms with Gasteiger partial charge in [-0.25, -0.2) is 0 Å². The van der Waals surface area contributed by atoms with E-state index in [0.29, 0.717) is 6.61 Å². The molecule has 0 aromatic carbocycles. The summed E-state index contributed by atoms with van der Waals surface area (Å²) < 4.78 is 11.1. The first-order chi connectivity index (χ1) is 22.9. The third-order valence-corrected chi connectivity index (χ3v) is 8.95. The Balaban J connectivity index is 0. The van der Waals surface area contributed by atoms with E-state index >= 15 is 0 Å². The summed E-state index contributed by atoms with van der Waals surface area (Å²) in [6, 6.07) is 0. The smallest absolute Gasteiger partial charge is 0.320 e. The molecule has 0 saturated heterocycles. The van der Waals surface area contributed by atoms with Crippen LogP contribution >= 0.6 is 11.8 Å². The van der Waals surface area contributed by atoms with Gasteiger partial charge in [0.2, 0.25) is 0 Å². The molecule has 0 aromatic rings. The molecule has 0 aliphatic rings. The number of esters is 2. The van der Waals surface area contributed by atoms with Crippen molar-refractivity contribution in [3.05, 3.63) is 12.2 Å². The Morgan fingerprint density at radius 3 is 1.70 bits per heavy atom. The number of likely N-dealkylation sites (N-methyl/N-ethyl adjacent to an activating group) is 1. The van der Waals surface area contributed by atoms with Gasteiger partial charge in [-0.2, -0.15) is 0 Å². The fourth-order valence-corrected chi connectivity index (χ4v) is 5.70. The summed E-state index contributed by atoms with van der Waals surface area (Å²) in [7, 11) is 1.77. The van der Waals surface area contributed by atoms with Crippen LogP contribution in [0.5, 0.6) is 0 Å². The fourth-order valence-electron chi connectivity index (χ4n) is 5.31. The van der Waals surface area contributed by atoms with E-state index in [9.17, 15) is 14.4 Å². The SMILES string of the molecule is CCCCCC/C=C\COC(=O)CN(C)CC(=O)OC(CCCCCCCC)CCCCCCCC.CCN(CC)CCCSC=O. The van der Waals surface area contributed by atoms with Crippen molar-refractivity contribution in [1.82, 2.24) is 9.80 Å². The number of hydrogen-bond donors (Lipinski definition) is 0. The quantitative estimate of drug-likeness (QED) is 0.0293. The van der Waals surface area contributed by atoms with Crippen molar-refractivity contribution in [2.24, 2.45) is 0 Å². The van der Waals surface area contributed by atoms with Crippen LogP contribution in [0.25, 0.3) is 0 Å². The molecular formula is C39H76N2O5S. The average molecular weight is 685 g/mol. The predicted octanol–water partition coefficient (Wildman–Crippen LogP) is 10.0. The molecule has 0 aliphatic carbocycles. The first kappa shape index (κ1) is 47.7. The number of thioether (sulfide) groups is 1. The van der Waals surface area contributed by atoms with E-state index in [0.717, 1.165) is 69.5 Å². The molecule has 0 rings (SSSR count). The molecule has 0 fully saturated rings. The Morgan fingerprint density at radius 1 is 0.660 bits per heavy atom. The van der Waals surface area contributed by atoms with Crippen molar-refractivity contribution in [3.63, 3.8) is 0 Å². The minimum atomic E-state index is -0.309. The Kier molecular flexibility index (Phi) is 39.7. The van der Waals surface area contributed by atoms with Gasteiger partial charge in [-0.1, -0.05) is 142 Å². The Labute approximate surface area is 295 Å². The third-order valence-electron chi connectivity index (χ3n) is 8.29. The van der Waals surface area contributed by atoms with Crippen LogP contribution in [0.15, 0.2) is 12.2 Å². The normalized spacial score (nSPS) is 11.3. The van der Waals surface area contributed by atoms with Crippen LogP contribution in [-0.4, -0.2) is 85.6 Å². The van der Waals surface area contributed by atoms with Crippen molar-refractivity contribution < 1.29 is 23.9 Å². The van der Waals surface area contributed by atoms with Gasteiger partial charge in [0, 0.05) is 5.75 Å². The second-order valence-electron chi connectivity index (χ2n) is 12.7. The van der Waals surface area contributed by atoms with Crippen LogP contribution in [0.4, 0.5) is 0 Å². The lowest BCUT2D eigenvalue weighted by Gasteiger charge is -2.20. The van der Waals surface area contributed by atoms with E-state index < -0.39 is 0 Å². The maximum Gasteiger partial charge on any atom is 0.320 e. The molecule has 8 heteroatoms. The molecule has 0 unspecified atom stereocenters. The van der Waals surface area contributed by atoms with Gasteiger partial charge in [0.15, 0.2) is 5.62 Å². The molecule has 0 bridgehead atoms. The van der Waals surface area contributed by atoms with Crippen molar-refractivity contribution in [1.29, 1.82) is 0 Å². The largest absolute Gasteiger partial charge is 0.461 e. The highest BCUT2D eigenvalue weighted by atomic mass is 32.2. The Bertz CT molecular complexity index is 701. The van der Waals surface area contributed by atoms with Crippen molar-refractivity contribution in [3.8, 4) is 0 Å². The molecule has 0 atom stereocenters. The molecule has 0 radical (unpaired) electrons. The summed E-state index contributed by atoms with van der Waals surface area (Å²) in [6.45, 7) is 14.9. The molecule has 0 spiro atoms. The van der Waals surface area contributed by atoms with Crippen molar-refractivity contribution >= 4 is 29.3 Å². The Morgan fingerprint density at radius 2 is 1.17 bits per heavy atom. The van der Waals surface area contributed by atoms with Gasteiger partial charge in [0.25, 0.3) is 0 Å². The predicted molar refractivity (Wildman–Crippen MR) is 204 cm³/mol. The summed E-state index contributed by atoms with van der Waals surface area (Å²) in [5, 5.41) is 0. The number of nitrogens with zero attached hydrogens (tertiary/aromatic N) is 2. The summed E-state index contributed by atoms with van der Waals surface area (Å²) in [6.07, 6.45) is 27.9. The van der Waals surface area contributed by atoms with E-state index in [1.165, 1.54) is 102 Å². The Hall–Kier alpha value is -1.38. The summed E-state index contributed by atoms with van der Waals surface area (Å²) in [4.78, 5) is 38.6. The molecule has 0 aromatic heterocycles. The molecule has 7 nitrogen and oxygen atoms in total. The maximum atomic E-state index is 12.6. The standard InChI is InChI=1S/C31H59NO4.C8H17NOS/c1-5-8-11-14-17-20-23-26-35-30(33)27-32(4)28-31(34)36-29(24-21-18-15-12-9-6-2)25-22-19-16-13-10-7-3;1-3-9(4-2)6-5-7-11-8-10/h20,23,29H,5-19,21-22,24-28H2,1-4H3;8H,3-7H2,1-2H3/b23-20-;. The number of hydrogen-bond acceptors (Lipinski definition) is 8. The lowest BCUT2D eigenvalue weighted by Crippen LogP contribution is -2.34. The van der Waals surface area contributed by atoms with Crippen LogP contribution in [0.2, 0.25) is 0 Å². The number of ether oxygens (including phenoxy) is 2. The molecule has 0 saturated carbocycles. The van der Waals surface area contributed by atoms with Gasteiger partial charge < -0.3 is 14.4 Å². The van der Waals surface area contributed by atoms with Crippen LogP contribution in [-0.2, 0) is 23.9 Å². The first-order valence-corrected chi connectivity index (χ1v) is 20.4. The summed E-state index contributed by atoms with van der Waals surface area (Å²) >= 11 is 1.36. The van der Waals surface area contributed by atoms with E-state index in [1.807, 2.05) is 6.08 Å². The van der Waals surface area contributed by atoms with Gasteiger partial charge in [-0.05, 0) is 71.6 Å². The second-order valence-corrected chi connectivity index (χ2v) is 13.7. The fraction of sp³-hybridized carbons (Fsp3) is 0.872. The number of allylic oxidation sites excluding steroid dienone is 1. The number of carbonyl (C=O) groups excluding carboxylic acids is 3. The van der Waals surface area contributed by atoms with E-state index in [4.69, 9.17) is 9.47 Å². The van der Waals surface area contributed by atoms with Gasteiger partial charge >= 0.3 is 11.9 Å².